The molecule has 1 atom stereocenters. The summed E-state index contributed by atoms with van der Waals surface area (Å²) in [4.78, 5) is 15.9. The Labute approximate surface area is 120 Å². The number of carbonyl (C=O) groups excluding carboxylic acids is 1. The molecule has 1 N–H and O–H groups in total. The van der Waals surface area contributed by atoms with E-state index < -0.39 is 6.10 Å². The number of ether oxygens (including phenoxy) is 1. The highest BCUT2D eigenvalue weighted by atomic mass is 16.5. The summed E-state index contributed by atoms with van der Waals surface area (Å²) in [5, 5.41) is 10.3. The maximum Gasteiger partial charge on any atom is 0.222 e. The smallest absolute Gasteiger partial charge is 0.222 e. The van der Waals surface area contributed by atoms with Gasteiger partial charge in [0.05, 0.1) is 19.3 Å². The van der Waals surface area contributed by atoms with Gasteiger partial charge >= 0.3 is 0 Å². The molecule has 1 unspecified atom stereocenters. The summed E-state index contributed by atoms with van der Waals surface area (Å²) in [7, 11) is 0. The van der Waals surface area contributed by atoms with Crippen molar-refractivity contribution < 1.29 is 14.6 Å². The Hall–Kier alpha value is -0.650. The summed E-state index contributed by atoms with van der Waals surface area (Å²) < 4.78 is 5.68. The van der Waals surface area contributed by atoms with Gasteiger partial charge in [-0.2, -0.15) is 0 Å². The molecule has 5 heteroatoms. The largest absolute Gasteiger partial charge is 0.390 e. The summed E-state index contributed by atoms with van der Waals surface area (Å²) >= 11 is 0. The van der Waals surface area contributed by atoms with Crippen molar-refractivity contribution in [1.29, 1.82) is 0 Å². The van der Waals surface area contributed by atoms with Gasteiger partial charge in [0.2, 0.25) is 5.91 Å². The number of amides is 1. The summed E-state index contributed by atoms with van der Waals surface area (Å²) in [6.45, 7) is 4.45. The fourth-order valence-corrected chi connectivity index (χ4v) is 4.01. The van der Waals surface area contributed by atoms with Crippen LogP contribution in [0.3, 0.4) is 0 Å². The molecule has 114 valence electrons. The second kappa shape index (κ2) is 6.00. The third-order valence-corrected chi connectivity index (χ3v) is 5.12. The van der Waals surface area contributed by atoms with Gasteiger partial charge in [0.1, 0.15) is 0 Å². The number of likely N-dealkylation sites (tertiary alicyclic amines) is 1. The van der Waals surface area contributed by atoms with Crippen molar-refractivity contribution >= 4 is 5.91 Å². The molecule has 0 bridgehead atoms. The predicted octanol–water partition coefficient (Wildman–Crippen LogP) is 0.615. The lowest BCUT2D eigenvalue weighted by Gasteiger charge is -2.45. The van der Waals surface area contributed by atoms with Crippen molar-refractivity contribution in [3.63, 3.8) is 0 Å². The first kappa shape index (κ1) is 14.3. The number of aliphatic hydroxyl groups is 1. The highest BCUT2D eigenvalue weighted by Gasteiger charge is 2.42. The minimum absolute atomic E-state index is 0.161. The van der Waals surface area contributed by atoms with Crippen molar-refractivity contribution in [3.8, 4) is 0 Å². The molecule has 1 spiro atoms. The number of aliphatic hydroxyl groups excluding tert-OH is 1. The number of nitrogens with zero attached hydrogens (tertiary/aromatic N) is 2. The predicted molar refractivity (Wildman–Crippen MR) is 75.4 cm³/mol. The number of β-amino-alcohol motifs (C(OH)–C–C–N with tert-alkyl or cyclic N) is 1. The molecule has 1 aliphatic carbocycles. The number of morpholine rings is 1. The molecular formula is C15H26N2O3. The second-order valence-corrected chi connectivity index (χ2v) is 6.53. The quantitative estimate of drug-likeness (QED) is 0.821. The van der Waals surface area contributed by atoms with Crippen molar-refractivity contribution in [2.24, 2.45) is 0 Å². The van der Waals surface area contributed by atoms with Crippen LogP contribution < -0.4 is 0 Å². The second-order valence-electron chi connectivity index (χ2n) is 6.53. The highest BCUT2D eigenvalue weighted by Crippen LogP contribution is 2.37. The van der Waals surface area contributed by atoms with E-state index in [1.165, 1.54) is 25.7 Å². The minimum Gasteiger partial charge on any atom is -0.390 e. The molecule has 20 heavy (non-hydrogen) atoms. The highest BCUT2D eigenvalue weighted by molar-refractivity contribution is 5.78. The average Bonchev–Trinajstić information content (AvgIpc) is 3.04. The molecule has 2 heterocycles. The third-order valence-electron chi connectivity index (χ3n) is 5.12. The topological polar surface area (TPSA) is 53.0 Å². The van der Waals surface area contributed by atoms with Crippen LogP contribution in [0, 0.1) is 0 Å². The van der Waals surface area contributed by atoms with Gasteiger partial charge in [-0.3, -0.25) is 9.69 Å². The third kappa shape index (κ3) is 2.85. The van der Waals surface area contributed by atoms with Crippen molar-refractivity contribution in [1.82, 2.24) is 9.80 Å². The molecular weight excluding hydrogens is 256 g/mol. The van der Waals surface area contributed by atoms with Crippen molar-refractivity contribution in [3.05, 3.63) is 0 Å². The van der Waals surface area contributed by atoms with Crippen LogP contribution in [0.2, 0.25) is 0 Å². The number of hydrogen-bond donors (Lipinski definition) is 1. The molecule has 3 aliphatic rings. The average molecular weight is 282 g/mol. The first-order valence-corrected chi connectivity index (χ1v) is 7.98. The van der Waals surface area contributed by atoms with Crippen LogP contribution in [-0.4, -0.2) is 71.8 Å². The lowest BCUT2D eigenvalue weighted by molar-refractivity contribution is -0.129. The van der Waals surface area contributed by atoms with Gasteiger partial charge in [-0.25, -0.2) is 0 Å². The van der Waals surface area contributed by atoms with E-state index in [9.17, 15) is 9.90 Å². The Morgan fingerprint density at radius 1 is 1.20 bits per heavy atom. The van der Waals surface area contributed by atoms with Crippen LogP contribution in [-0.2, 0) is 9.53 Å². The van der Waals surface area contributed by atoms with Crippen LogP contribution in [0.1, 0.15) is 38.5 Å². The van der Waals surface area contributed by atoms with Crippen molar-refractivity contribution in [2.75, 3.05) is 39.4 Å². The molecule has 0 aromatic heterocycles. The van der Waals surface area contributed by atoms with E-state index in [2.05, 4.69) is 4.90 Å². The van der Waals surface area contributed by atoms with E-state index in [4.69, 9.17) is 4.74 Å². The Bertz CT molecular complexity index is 355. The molecule has 2 saturated heterocycles. The van der Waals surface area contributed by atoms with E-state index in [0.717, 1.165) is 32.7 Å². The summed E-state index contributed by atoms with van der Waals surface area (Å²) in [6, 6.07) is 0. The summed E-state index contributed by atoms with van der Waals surface area (Å²) in [6.07, 6.45) is 6.04. The van der Waals surface area contributed by atoms with E-state index in [-0.39, 0.29) is 11.4 Å². The maximum atomic E-state index is 11.6. The molecule has 0 aromatic carbocycles. The molecule has 3 fully saturated rings. The van der Waals surface area contributed by atoms with E-state index in [1.807, 2.05) is 4.90 Å². The van der Waals surface area contributed by atoms with Crippen LogP contribution in [0.15, 0.2) is 0 Å². The summed E-state index contributed by atoms with van der Waals surface area (Å²) in [5.74, 6) is 0.196. The maximum absolute atomic E-state index is 11.6. The van der Waals surface area contributed by atoms with Gasteiger partial charge in [-0.1, -0.05) is 12.8 Å². The van der Waals surface area contributed by atoms with E-state index >= 15 is 0 Å². The first-order chi connectivity index (χ1) is 9.70. The minimum atomic E-state index is -0.437. The zero-order valence-electron chi connectivity index (χ0n) is 12.2. The monoisotopic (exact) mass is 282 g/mol. The Balaban J connectivity index is 1.56. The molecule has 5 nitrogen and oxygen atoms in total. The van der Waals surface area contributed by atoms with Crippen LogP contribution >= 0.6 is 0 Å². The number of rotatable bonds is 4. The van der Waals surface area contributed by atoms with Gasteiger partial charge in [-0.05, 0) is 19.3 Å². The fourth-order valence-electron chi connectivity index (χ4n) is 4.01. The van der Waals surface area contributed by atoms with Gasteiger partial charge in [0.15, 0.2) is 0 Å². The standard InChI is InChI=1S/C15H26N2O3/c18-13(10-16-7-3-4-14(16)19)11-17-8-9-20-12-15(17)5-1-2-6-15/h13,18H,1-12H2. The number of hydrogen-bond acceptors (Lipinski definition) is 4. The first-order valence-electron chi connectivity index (χ1n) is 7.98. The van der Waals surface area contributed by atoms with Crippen LogP contribution in [0.25, 0.3) is 0 Å². The normalized spacial score (nSPS) is 28.4. The van der Waals surface area contributed by atoms with E-state index in [0.29, 0.717) is 19.5 Å². The lowest BCUT2D eigenvalue weighted by Crippen LogP contribution is -2.58. The molecule has 0 aromatic rings. The molecule has 1 saturated carbocycles. The zero-order valence-corrected chi connectivity index (χ0v) is 12.2. The van der Waals surface area contributed by atoms with Gasteiger partial charge < -0.3 is 14.7 Å². The lowest BCUT2D eigenvalue weighted by atomic mass is 9.94. The summed E-state index contributed by atoms with van der Waals surface area (Å²) in [5.41, 5.74) is 0.161. The molecule has 2 aliphatic heterocycles. The van der Waals surface area contributed by atoms with Crippen LogP contribution in [0.4, 0.5) is 0 Å². The van der Waals surface area contributed by atoms with Gasteiger partial charge in [0.25, 0.3) is 0 Å². The van der Waals surface area contributed by atoms with Crippen molar-refractivity contribution in [2.45, 2.75) is 50.2 Å². The zero-order chi connectivity index (χ0) is 14.0. The van der Waals surface area contributed by atoms with Gasteiger partial charge in [0, 0.05) is 38.1 Å². The molecule has 1 amide bonds. The number of carbonyl (C=O) groups is 1. The van der Waals surface area contributed by atoms with E-state index in [1.54, 1.807) is 0 Å². The molecule has 3 rings (SSSR count). The van der Waals surface area contributed by atoms with Crippen LogP contribution in [0.5, 0.6) is 0 Å². The van der Waals surface area contributed by atoms with Gasteiger partial charge in [-0.15, -0.1) is 0 Å². The Kier molecular flexibility index (Phi) is 4.29. The SMILES string of the molecule is O=C1CCCN1CC(O)CN1CCOCC12CCCC2. The fraction of sp³-hybridized carbons (Fsp3) is 0.933. The Morgan fingerprint density at radius 3 is 2.70 bits per heavy atom. The Morgan fingerprint density at radius 2 is 2.00 bits per heavy atom. The molecule has 0 radical (unpaired) electrons.